The highest BCUT2D eigenvalue weighted by Gasteiger charge is 2.36. The van der Waals surface area contributed by atoms with E-state index < -0.39 is 10.0 Å². The van der Waals surface area contributed by atoms with Crippen molar-refractivity contribution in [1.82, 2.24) is 4.31 Å². The zero-order chi connectivity index (χ0) is 14.2. The Bertz CT molecular complexity index is 590. The number of benzene rings is 1. The SMILES string of the molecule is CC(=O)c1cccc(S(=O)(=O)N(C)[C@H](C)C2CC2)c1. The van der Waals surface area contributed by atoms with Gasteiger partial charge in [0.25, 0.3) is 0 Å². The van der Waals surface area contributed by atoms with Crippen LogP contribution in [-0.4, -0.2) is 31.6 Å². The largest absolute Gasteiger partial charge is 0.295 e. The van der Waals surface area contributed by atoms with Crippen molar-refractivity contribution in [1.29, 1.82) is 0 Å². The summed E-state index contributed by atoms with van der Waals surface area (Å²) in [6.45, 7) is 3.37. The predicted octanol–water partition coefficient (Wildman–Crippen LogP) is 2.31. The summed E-state index contributed by atoms with van der Waals surface area (Å²) in [6, 6.07) is 6.24. The summed E-state index contributed by atoms with van der Waals surface area (Å²) in [6.07, 6.45) is 2.18. The van der Waals surface area contributed by atoms with Crippen LogP contribution in [-0.2, 0) is 10.0 Å². The van der Waals surface area contributed by atoms with Gasteiger partial charge in [-0.05, 0) is 44.7 Å². The molecular formula is C14H19NO3S. The Hall–Kier alpha value is -1.20. The van der Waals surface area contributed by atoms with Crippen molar-refractivity contribution in [2.24, 2.45) is 5.92 Å². The average Bonchev–Trinajstić information content (AvgIpc) is 3.21. The average molecular weight is 281 g/mol. The van der Waals surface area contributed by atoms with E-state index in [1.54, 1.807) is 19.2 Å². The summed E-state index contributed by atoms with van der Waals surface area (Å²) >= 11 is 0. The van der Waals surface area contributed by atoms with E-state index in [1.165, 1.54) is 23.4 Å². The van der Waals surface area contributed by atoms with Crippen LogP contribution >= 0.6 is 0 Å². The van der Waals surface area contributed by atoms with Crippen LogP contribution in [0.25, 0.3) is 0 Å². The van der Waals surface area contributed by atoms with Crippen LogP contribution in [0.3, 0.4) is 0 Å². The van der Waals surface area contributed by atoms with Gasteiger partial charge in [-0.3, -0.25) is 4.79 Å². The zero-order valence-electron chi connectivity index (χ0n) is 11.5. The maximum Gasteiger partial charge on any atom is 0.243 e. The third-order valence-electron chi connectivity index (χ3n) is 3.80. The van der Waals surface area contributed by atoms with Crippen LogP contribution in [0.2, 0.25) is 0 Å². The molecule has 1 atom stereocenters. The highest BCUT2D eigenvalue weighted by atomic mass is 32.2. The molecule has 0 bridgehead atoms. The molecule has 104 valence electrons. The second-order valence-electron chi connectivity index (χ2n) is 5.18. The minimum atomic E-state index is -3.52. The molecule has 0 heterocycles. The maximum absolute atomic E-state index is 12.5. The van der Waals surface area contributed by atoms with Crippen molar-refractivity contribution in [2.75, 3.05) is 7.05 Å². The molecule has 19 heavy (non-hydrogen) atoms. The van der Waals surface area contributed by atoms with Crippen LogP contribution < -0.4 is 0 Å². The van der Waals surface area contributed by atoms with E-state index in [1.807, 2.05) is 6.92 Å². The standard InChI is InChI=1S/C14H19NO3S/c1-10(12-7-8-12)15(3)19(17,18)14-6-4-5-13(9-14)11(2)16/h4-6,9-10,12H,7-8H2,1-3H3/t10-/m1/s1. The number of nitrogens with zero attached hydrogens (tertiary/aromatic N) is 1. The quantitative estimate of drug-likeness (QED) is 0.778. The van der Waals surface area contributed by atoms with Crippen LogP contribution in [0.1, 0.15) is 37.0 Å². The molecule has 0 amide bonds. The van der Waals surface area contributed by atoms with Crippen molar-refractivity contribution in [2.45, 2.75) is 37.6 Å². The molecule has 1 saturated carbocycles. The topological polar surface area (TPSA) is 54.5 Å². The molecule has 0 aromatic heterocycles. The number of hydrogen-bond donors (Lipinski definition) is 0. The first kappa shape index (κ1) is 14.2. The first-order chi connectivity index (χ1) is 8.84. The normalized spacial score (nSPS) is 17.5. The molecule has 0 saturated heterocycles. The third-order valence-corrected chi connectivity index (χ3v) is 5.74. The summed E-state index contributed by atoms with van der Waals surface area (Å²) in [7, 11) is -1.91. The summed E-state index contributed by atoms with van der Waals surface area (Å²) in [5.74, 6) is 0.339. The highest BCUT2D eigenvalue weighted by Crippen LogP contribution is 2.36. The van der Waals surface area contributed by atoms with Gasteiger partial charge in [-0.15, -0.1) is 0 Å². The van der Waals surface area contributed by atoms with Gasteiger partial charge < -0.3 is 0 Å². The van der Waals surface area contributed by atoms with E-state index >= 15 is 0 Å². The van der Waals surface area contributed by atoms with Crippen LogP contribution in [0, 0.1) is 5.92 Å². The van der Waals surface area contributed by atoms with E-state index in [2.05, 4.69) is 0 Å². The van der Waals surface area contributed by atoms with E-state index in [9.17, 15) is 13.2 Å². The van der Waals surface area contributed by atoms with Gasteiger partial charge in [-0.2, -0.15) is 4.31 Å². The van der Waals surface area contributed by atoms with E-state index in [0.29, 0.717) is 11.5 Å². The molecule has 0 spiro atoms. The fraction of sp³-hybridized carbons (Fsp3) is 0.500. The van der Waals surface area contributed by atoms with Gasteiger partial charge in [0.2, 0.25) is 10.0 Å². The molecule has 0 aliphatic heterocycles. The Balaban J connectivity index is 2.33. The molecular weight excluding hydrogens is 262 g/mol. The number of carbonyl (C=O) groups excluding carboxylic acids is 1. The predicted molar refractivity (Wildman–Crippen MR) is 73.6 cm³/mol. The first-order valence-corrected chi connectivity index (χ1v) is 7.87. The Kier molecular flexibility index (Phi) is 3.78. The molecule has 5 heteroatoms. The summed E-state index contributed by atoms with van der Waals surface area (Å²) in [4.78, 5) is 11.5. The van der Waals surface area contributed by atoms with Crippen molar-refractivity contribution >= 4 is 15.8 Å². The Morgan fingerprint density at radius 3 is 2.53 bits per heavy atom. The van der Waals surface area contributed by atoms with Crippen molar-refractivity contribution in [3.63, 3.8) is 0 Å². The van der Waals surface area contributed by atoms with Crippen molar-refractivity contribution < 1.29 is 13.2 Å². The van der Waals surface area contributed by atoms with Crippen molar-refractivity contribution in [3.05, 3.63) is 29.8 Å². The van der Waals surface area contributed by atoms with Gasteiger partial charge >= 0.3 is 0 Å². The van der Waals surface area contributed by atoms with Crippen LogP contribution in [0.5, 0.6) is 0 Å². The van der Waals surface area contributed by atoms with E-state index in [-0.39, 0.29) is 16.7 Å². The number of hydrogen-bond acceptors (Lipinski definition) is 3. The molecule has 1 aliphatic carbocycles. The fourth-order valence-corrected chi connectivity index (χ4v) is 3.61. The van der Waals surface area contributed by atoms with Crippen LogP contribution in [0.4, 0.5) is 0 Å². The van der Waals surface area contributed by atoms with E-state index in [4.69, 9.17) is 0 Å². The smallest absolute Gasteiger partial charge is 0.243 e. The zero-order valence-corrected chi connectivity index (χ0v) is 12.3. The molecule has 4 nitrogen and oxygen atoms in total. The molecule has 1 aliphatic rings. The van der Waals surface area contributed by atoms with E-state index in [0.717, 1.165) is 12.8 Å². The monoisotopic (exact) mass is 281 g/mol. The molecule has 1 aromatic carbocycles. The van der Waals surface area contributed by atoms with Gasteiger partial charge in [-0.1, -0.05) is 12.1 Å². The first-order valence-electron chi connectivity index (χ1n) is 6.43. The van der Waals surface area contributed by atoms with Gasteiger partial charge in [-0.25, -0.2) is 8.42 Å². The lowest BCUT2D eigenvalue weighted by Crippen LogP contribution is -2.36. The highest BCUT2D eigenvalue weighted by molar-refractivity contribution is 7.89. The number of rotatable bonds is 5. The van der Waals surface area contributed by atoms with Crippen molar-refractivity contribution in [3.8, 4) is 0 Å². The number of sulfonamides is 1. The van der Waals surface area contributed by atoms with Crippen LogP contribution in [0.15, 0.2) is 29.2 Å². The third kappa shape index (κ3) is 2.87. The molecule has 0 radical (unpaired) electrons. The minimum Gasteiger partial charge on any atom is -0.295 e. The van der Waals surface area contributed by atoms with Gasteiger partial charge in [0.05, 0.1) is 4.90 Å². The molecule has 0 unspecified atom stereocenters. The number of ketones is 1. The van der Waals surface area contributed by atoms with Gasteiger partial charge in [0.1, 0.15) is 0 Å². The Morgan fingerprint density at radius 2 is 2.00 bits per heavy atom. The molecule has 0 N–H and O–H groups in total. The molecule has 2 rings (SSSR count). The Labute approximate surface area is 114 Å². The number of carbonyl (C=O) groups is 1. The molecule has 1 aromatic rings. The second kappa shape index (κ2) is 5.06. The summed E-state index contributed by atoms with van der Waals surface area (Å²) in [5.41, 5.74) is 0.425. The maximum atomic E-state index is 12.5. The van der Waals surface area contributed by atoms with Gasteiger partial charge in [0, 0.05) is 18.7 Å². The number of Topliss-reactive ketones (excluding diaryl/α,β-unsaturated/α-hetero) is 1. The van der Waals surface area contributed by atoms with Gasteiger partial charge in [0.15, 0.2) is 5.78 Å². The second-order valence-corrected chi connectivity index (χ2v) is 7.18. The molecule has 1 fully saturated rings. The lowest BCUT2D eigenvalue weighted by atomic mass is 10.2. The summed E-state index contributed by atoms with van der Waals surface area (Å²) in [5, 5.41) is 0. The Morgan fingerprint density at radius 1 is 1.37 bits per heavy atom. The lowest BCUT2D eigenvalue weighted by Gasteiger charge is -2.24. The fourth-order valence-electron chi connectivity index (χ4n) is 2.14. The lowest BCUT2D eigenvalue weighted by molar-refractivity contribution is 0.101. The summed E-state index contributed by atoms with van der Waals surface area (Å²) < 4.78 is 26.4. The minimum absolute atomic E-state index is 0.00554.